The number of aromatic nitrogens is 4. The van der Waals surface area contributed by atoms with Crippen molar-refractivity contribution in [2.75, 3.05) is 5.73 Å². The molecule has 0 spiro atoms. The van der Waals surface area contributed by atoms with Crippen LogP contribution >= 0.6 is 0 Å². The summed E-state index contributed by atoms with van der Waals surface area (Å²) in [4.78, 5) is 4.32. The number of pyridine rings is 1. The van der Waals surface area contributed by atoms with Crippen LogP contribution in [0.25, 0.3) is 11.5 Å². The molecule has 0 fully saturated rings. The fourth-order valence-electron chi connectivity index (χ4n) is 2.44. The van der Waals surface area contributed by atoms with Gasteiger partial charge in [0.15, 0.2) is 5.82 Å². The van der Waals surface area contributed by atoms with Gasteiger partial charge in [0.05, 0.1) is 0 Å². The third kappa shape index (κ3) is 1.58. The van der Waals surface area contributed by atoms with E-state index in [9.17, 15) is 0 Å². The van der Waals surface area contributed by atoms with Crippen molar-refractivity contribution in [2.24, 2.45) is 0 Å². The van der Waals surface area contributed by atoms with Crippen LogP contribution in [0.3, 0.4) is 0 Å². The third-order valence-corrected chi connectivity index (χ3v) is 3.30. The summed E-state index contributed by atoms with van der Waals surface area (Å²) in [6.07, 6.45) is 3.25. The van der Waals surface area contributed by atoms with E-state index in [1.165, 1.54) is 0 Å². The molecule has 0 saturated carbocycles. The zero-order valence-electron chi connectivity index (χ0n) is 9.80. The first-order valence-corrected chi connectivity index (χ1v) is 5.96. The Balaban J connectivity index is 2.11. The minimum atomic E-state index is 0.498. The van der Waals surface area contributed by atoms with Crippen LogP contribution in [-0.2, 0) is 6.42 Å². The molecule has 3 rings (SSSR count). The van der Waals surface area contributed by atoms with E-state index in [4.69, 9.17) is 5.73 Å². The summed E-state index contributed by atoms with van der Waals surface area (Å²) in [7, 11) is 0. The zero-order chi connectivity index (χ0) is 11.8. The van der Waals surface area contributed by atoms with Gasteiger partial charge in [0, 0.05) is 12.5 Å². The summed E-state index contributed by atoms with van der Waals surface area (Å²) in [6, 6.07) is 6.11. The minimum Gasteiger partial charge on any atom is -0.384 e. The maximum Gasteiger partial charge on any atom is 0.182 e. The number of anilines is 1. The lowest BCUT2D eigenvalue weighted by molar-refractivity contribution is 0.513. The fraction of sp³-hybridized carbons (Fsp3) is 0.417. The molecule has 17 heavy (non-hydrogen) atoms. The van der Waals surface area contributed by atoms with Crippen LogP contribution in [0, 0.1) is 0 Å². The fourth-order valence-corrected chi connectivity index (χ4v) is 2.44. The van der Waals surface area contributed by atoms with E-state index in [1.54, 1.807) is 6.07 Å². The summed E-state index contributed by atoms with van der Waals surface area (Å²) in [5.74, 6) is 2.43. The van der Waals surface area contributed by atoms with E-state index in [-0.39, 0.29) is 0 Å². The number of nitrogens with two attached hydrogens (primary N) is 1. The molecule has 5 nitrogen and oxygen atoms in total. The first kappa shape index (κ1) is 10.3. The minimum absolute atomic E-state index is 0.498. The van der Waals surface area contributed by atoms with Gasteiger partial charge in [0.2, 0.25) is 0 Å². The summed E-state index contributed by atoms with van der Waals surface area (Å²) in [6.45, 7) is 2.19. The standard InChI is InChI=1S/C12H15N5/c1-2-8-6-7-11-15-16-12(17(8)11)9-4-3-5-10(13)14-9/h3-5,8H,2,6-7H2,1H3,(H2,13,14). The molecule has 3 heterocycles. The van der Waals surface area contributed by atoms with E-state index in [0.717, 1.165) is 36.6 Å². The van der Waals surface area contributed by atoms with E-state index in [2.05, 4.69) is 26.7 Å². The van der Waals surface area contributed by atoms with Crippen LogP contribution in [0.4, 0.5) is 5.82 Å². The van der Waals surface area contributed by atoms with Gasteiger partial charge in [-0.05, 0) is 25.0 Å². The highest BCUT2D eigenvalue weighted by molar-refractivity contribution is 5.53. The van der Waals surface area contributed by atoms with Crippen molar-refractivity contribution in [3.8, 4) is 11.5 Å². The van der Waals surface area contributed by atoms with Gasteiger partial charge in [-0.1, -0.05) is 13.0 Å². The van der Waals surface area contributed by atoms with Gasteiger partial charge in [-0.3, -0.25) is 0 Å². The monoisotopic (exact) mass is 229 g/mol. The van der Waals surface area contributed by atoms with Crippen molar-refractivity contribution in [2.45, 2.75) is 32.2 Å². The molecular formula is C12H15N5. The predicted octanol–water partition coefficient (Wildman–Crippen LogP) is 1.82. The highest BCUT2D eigenvalue weighted by Crippen LogP contribution is 2.32. The first-order valence-electron chi connectivity index (χ1n) is 5.96. The Bertz CT molecular complexity index is 546. The average Bonchev–Trinajstić information content (AvgIpc) is 2.89. The van der Waals surface area contributed by atoms with Crippen LogP contribution in [0.15, 0.2) is 18.2 Å². The maximum absolute atomic E-state index is 5.71. The van der Waals surface area contributed by atoms with E-state index in [0.29, 0.717) is 11.9 Å². The molecule has 2 aromatic heterocycles. The van der Waals surface area contributed by atoms with Gasteiger partial charge in [-0.2, -0.15) is 0 Å². The number of hydrogen-bond donors (Lipinski definition) is 1. The van der Waals surface area contributed by atoms with Gasteiger partial charge in [-0.15, -0.1) is 10.2 Å². The van der Waals surface area contributed by atoms with Crippen molar-refractivity contribution in [3.63, 3.8) is 0 Å². The second-order valence-corrected chi connectivity index (χ2v) is 4.36. The lowest BCUT2D eigenvalue weighted by Gasteiger charge is -2.12. The number of nitrogens with zero attached hydrogens (tertiary/aromatic N) is 4. The van der Waals surface area contributed by atoms with Gasteiger partial charge < -0.3 is 10.3 Å². The topological polar surface area (TPSA) is 69.6 Å². The number of aryl methyl sites for hydroxylation is 1. The Morgan fingerprint density at radius 2 is 2.29 bits per heavy atom. The Hall–Kier alpha value is -1.91. The molecule has 2 aromatic rings. The molecule has 0 saturated heterocycles. The summed E-state index contributed by atoms with van der Waals surface area (Å²) in [5.41, 5.74) is 6.52. The lowest BCUT2D eigenvalue weighted by atomic mass is 10.1. The zero-order valence-corrected chi connectivity index (χ0v) is 9.80. The molecule has 1 atom stereocenters. The lowest BCUT2D eigenvalue weighted by Crippen LogP contribution is -2.06. The normalized spacial score (nSPS) is 18.3. The second-order valence-electron chi connectivity index (χ2n) is 4.36. The molecule has 0 aliphatic carbocycles. The summed E-state index contributed by atoms with van der Waals surface area (Å²) >= 11 is 0. The molecular weight excluding hydrogens is 214 g/mol. The SMILES string of the molecule is CCC1CCc2nnc(-c3cccc(N)n3)n21. The number of rotatable bonds is 2. The largest absolute Gasteiger partial charge is 0.384 e. The molecule has 0 amide bonds. The van der Waals surface area contributed by atoms with Crippen molar-refractivity contribution in [1.29, 1.82) is 0 Å². The predicted molar refractivity (Wildman–Crippen MR) is 65.3 cm³/mol. The molecule has 0 aromatic carbocycles. The van der Waals surface area contributed by atoms with Crippen molar-refractivity contribution in [1.82, 2.24) is 19.7 Å². The highest BCUT2D eigenvalue weighted by atomic mass is 15.3. The average molecular weight is 229 g/mol. The van der Waals surface area contributed by atoms with Gasteiger partial charge in [0.25, 0.3) is 0 Å². The van der Waals surface area contributed by atoms with E-state index in [1.807, 2.05) is 12.1 Å². The molecule has 1 unspecified atom stereocenters. The third-order valence-electron chi connectivity index (χ3n) is 3.30. The van der Waals surface area contributed by atoms with Crippen molar-refractivity contribution in [3.05, 3.63) is 24.0 Å². The summed E-state index contributed by atoms with van der Waals surface area (Å²) < 4.78 is 2.21. The molecule has 1 aliphatic heterocycles. The maximum atomic E-state index is 5.71. The number of fused-ring (bicyclic) bond motifs is 1. The van der Waals surface area contributed by atoms with Crippen LogP contribution in [0.5, 0.6) is 0 Å². The quantitative estimate of drug-likeness (QED) is 0.852. The molecule has 0 bridgehead atoms. The Morgan fingerprint density at radius 3 is 3.06 bits per heavy atom. The van der Waals surface area contributed by atoms with Crippen LogP contribution in [0.2, 0.25) is 0 Å². The first-order chi connectivity index (χ1) is 8.29. The second kappa shape index (κ2) is 3.84. The Kier molecular flexibility index (Phi) is 2.31. The summed E-state index contributed by atoms with van der Waals surface area (Å²) in [5, 5.41) is 8.48. The van der Waals surface area contributed by atoms with Crippen LogP contribution in [0.1, 0.15) is 31.6 Å². The molecule has 88 valence electrons. The Labute approximate surface area is 99.7 Å². The van der Waals surface area contributed by atoms with Crippen molar-refractivity contribution < 1.29 is 0 Å². The van der Waals surface area contributed by atoms with E-state index < -0.39 is 0 Å². The molecule has 2 N–H and O–H groups in total. The molecule has 0 radical (unpaired) electrons. The smallest absolute Gasteiger partial charge is 0.182 e. The van der Waals surface area contributed by atoms with Gasteiger partial charge >= 0.3 is 0 Å². The molecule has 5 heteroatoms. The van der Waals surface area contributed by atoms with E-state index >= 15 is 0 Å². The van der Waals surface area contributed by atoms with Crippen LogP contribution < -0.4 is 5.73 Å². The van der Waals surface area contributed by atoms with Crippen molar-refractivity contribution >= 4 is 5.82 Å². The highest BCUT2D eigenvalue weighted by Gasteiger charge is 2.26. The number of nitrogen functional groups attached to an aromatic ring is 1. The van der Waals surface area contributed by atoms with Gasteiger partial charge in [-0.25, -0.2) is 4.98 Å². The Morgan fingerprint density at radius 1 is 1.41 bits per heavy atom. The van der Waals surface area contributed by atoms with Gasteiger partial charge in [0.1, 0.15) is 17.3 Å². The van der Waals surface area contributed by atoms with Crippen LogP contribution in [-0.4, -0.2) is 19.7 Å². The number of hydrogen-bond acceptors (Lipinski definition) is 4. The molecule has 1 aliphatic rings.